The Morgan fingerprint density at radius 2 is 1.71 bits per heavy atom. The molecule has 0 fully saturated rings. The molecule has 3 N–H and O–H groups in total. The predicted molar refractivity (Wildman–Crippen MR) is 107 cm³/mol. The maximum absolute atomic E-state index is 12.8. The van der Waals surface area contributed by atoms with Crippen molar-refractivity contribution in [1.82, 2.24) is 5.32 Å². The zero-order valence-corrected chi connectivity index (χ0v) is 15.3. The maximum atomic E-state index is 12.8. The van der Waals surface area contributed by atoms with Crippen molar-refractivity contribution >= 4 is 29.6 Å². The number of aliphatic imine (C=N–C) groups is 1. The van der Waals surface area contributed by atoms with Crippen molar-refractivity contribution in [3.05, 3.63) is 66.2 Å². The fraction of sp³-hybridized carbons (Fsp3) is 0.238. The Bertz CT molecular complexity index is 868. The molecule has 0 spiro atoms. The Morgan fingerprint density at radius 3 is 2.36 bits per heavy atom. The van der Waals surface area contributed by atoms with E-state index < -0.39 is 23.8 Å². The molecule has 0 bridgehead atoms. The van der Waals surface area contributed by atoms with E-state index in [2.05, 4.69) is 10.3 Å². The molecule has 1 aliphatic heterocycles. The van der Waals surface area contributed by atoms with Crippen LogP contribution in [0.5, 0.6) is 0 Å². The molecular formula is C21H22N4O3. The summed E-state index contributed by atoms with van der Waals surface area (Å²) < 4.78 is 0. The molecule has 1 aliphatic rings. The largest absolute Gasteiger partial charge is 0.363 e. The number of benzene rings is 2. The molecule has 0 saturated heterocycles. The molecule has 0 aliphatic carbocycles. The van der Waals surface area contributed by atoms with Crippen LogP contribution in [0.4, 0.5) is 5.69 Å². The van der Waals surface area contributed by atoms with Gasteiger partial charge in [0.05, 0.1) is 18.9 Å². The van der Waals surface area contributed by atoms with E-state index in [-0.39, 0.29) is 18.9 Å². The Kier molecular flexibility index (Phi) is 6.16. The fourth-order valence-electron chi connectivity index (χ4n) is 3.12. The van der Waals surface area contributed by atoms with E-state index >= 15 is 0 Å². The fourth-order valence-corrected chi connectivity index (χ4v) is 3.12. The summed E-state index contributed by atoms with van der Waals surface area (Å²) in [6, 6.07) is 17.4. The summed E-state index contributed by atoms with van der Waals surface area (Å²) in [6.07, 6.45) is 2.43. The molecule has 2 atom stereocenters. The standard InChI is InChI=1S/C21H22N4O3/c22-20(27)19(26)17(12-11-15-7-3-1-4-8-15)24-21(28)18-13-23-14-25(18)16-9-5-2-6-10-16/h1-10,14,17-18H,11-13H2,(H2,22,27)(H,24,28). The third-order valence-electron chi connectivity index (χ3n) is 4.62. The summed E-state index contributed by atoms with van der Waals surface area (Å²) >= 11 is 0. The Balaban J connectivity index is 1.69. The lowest BCUT2D eigenvalue weighted by Gasteiger charge is -2.25. The van der Waals surface area contributed by atoms with Crippen LogP contribution in [0.2, 0.25) is 0 Å². The maximum Gasteiger partial charge on any atom is 0.287 e. The number of nitrogens with zero attached hydrogens (tertiary/aromatic N) is 2. The second kappa shape index (κ2) is 8.94. The topological polar surface area (TPSA) is 105 Å². The minimum atomic E-state index is -1.05. The van der Waals surface area contributed by atoms with Gasteiger partial charge in [0.25, 0.3) is 5.91 Å². The Morgan fingerprint density at radius 1 is 1.07 bits per heavy atom. The SMILES string of the molecule is NC(=O)C(=O)C(CCc1ccccc1)NC(=O)C1CN=CN1c1ccccc1. The lowest BCUT2D eigenvalue weighted by molar-refractivity contribution is -0.138. The molecule has 2 aromatic rings. The summed E-state index contributed by atoms with van der Waals surface area (Å²) in [5.74, 6) is -2.22. The van der Waals surface area contributed by atoms with E-state index in [1.807, 2.05) is 60.7 Å². The number of primary amides is 1. The number of carbonyl (C=O) groups is 3. The first-order valence-electron chi connectivity index (χ1n) is 9.07. The lowest BCUT2D eigenvalue weighted by atomic mass is 10.0. The molecule has 1 heterocycles. The summed E-state index contributed by atoms with van der Waals surface area (Å²) in [7, 11) is 0. The van der Waals surface area contributed by atoms with Gasteiger partial charge in [0, 0.05) is 5.69 Å². The first-order chi connectivity index (χ1) is 13.6. The molecule has 3 rings (SSSR count). The number of para-hydroxylation sites is 1. The molecule has 0 saturated carbocycles. The highest BCUT2D eigenvalue weighted by atomic mass is 16.2. The highest BCUT2D eigenvalue weighted by molar-refractivity contribution is 6.37. The summed E-state index contributed by atoms with van der Waals surface area (Å²) in [6.45, 7) is 0.275. The number of amides is 2. The van der Waals surface area contributed by atoms with Gasteiger partial charge in [-0.15, -0.1) is 0 Å². The summed E-state index contributed by atoms with van der Waals surface area (Å²) in [4.78, 5) is 42.4. The molecule has 7 nitrogen and oxygen atoms in total. The number of carbonyl (C=O) groups excluding carboxylic acids is 3. The monoisotopic (exact) mass is 378 g/mol. The van der Waals surface area contributed by atoms with Gasteiger partial charge in [-0.2, -0.15) is 0 Å². The van der Waals surface area contributed by atoms with Crippen LogP contribution < -0.4 is 16.0 Å². The second-order valence-corrected chi connectivity index (χ2v) is 6.55. The van der Waals surface area contributed by atoms with E-state index in [4.69, 9.17) is 5.73 Å². The summed E-state index contributed by atoms with van der Waals surface area (Å²) in [5.41, 5.74) is 7.01. The van der Waals surface area contributed by atoms with Crippen LogP contribution in [0.15, 0.2) is 65.7 Å². The zero-order valence-electron chi connectivity index (χ0n) is 15.3. The van der Waals surface area contributed by atoms with Crippen LogP contribution in [-0.2, 0) is 20.8 Å². The number of nitrogens with one attached hydrogen (secondary N) is 1. The predicted octanol–water partition coefficient (Wildman–Crippen LogP) is 1.08. The van der Waals surface area contributed by atoms with E-state index in [0.717, 1.165) is 11.3 Å². The molecule has 2 amide bonds. The Labute approximate surface area is 163 Å². The van der Waals surface area contributed by atoms with Crippen molar-refractivity contribution in [3.8, 4) is 0 Å². The van der Waals surface area contributed by atoms with E-state index in [9.17, 15) is 14.4 Å². The van der Waals surface area contributed by atoms with Crippen LogP contribution in [0.3, 0.4) is 0 Å². The normalized spacial score (nSPS) is 16.6. The van der Waals surface area contributed by atoms with Gasteiger partial charge in [0.2, 0.25) is 11.7 Å². The first kappa shape index (κ1) is 19.3. The van der Waals surface area contributed by atoms with Crippen LogP contribution in [0, 0.1) is 0 Å². The minimum absolute atomic E-state index is 0.275. The van der Waals surface area contributed by atoms with Crippen LogP contribution >= 0.6 is 0 Å². The van der Waals surface area contributed by atoms with Crippen molar-refractivity contribution in [2.45, 2.75) is 24.9 Å². The zero-order chi connectivity index (χ0) is 19.9. The van der Waals surface area contributed by atoms with E-state index in [1.165, 1.54) is 0 Å². The third kappa shape index (κ3) is 4.62. The molecule has 0 radical (unpaired) electrons. The van der Waals surface area contributed by atoms with Crippen LogP contribution in [-0.4, -0.2) is 42.6 Å². The van der Waals surface area contributed by atoms with Crippen LogP contribution in [0.1, 0.15) is 12.0 Å². The number of nitrogens with two attached hydrogens (primary N) is 1. The number of aryl methyl sites for hydroxylation is 1. The average Bonchev–Trinajstić information content (AvgIpc) is 3.22. The van der Waals surface area contributed by atoms with Gasteiger partial charge < -0.3 is 16.0 Å². The van der Waals surface area contributed by atoms with Gasteiger partial charge in [0.1, 0.15) is 6.04 Å². The van der Waals surface area contributed by atoms with Gasteiger partial charge in [-0.25, -0.2) is 0 Å². The van der Waals surface area contributed by atoms with Crippen molar-refractivity contribution in [1.29, 1.82) is 0 Å². The molecule has 28 heavy (non-hydrogen) atoms. The van der Waals surface area contributed by atoms with Crippen molar-refractivity contribution < 1.29 is 14.4 Å². The highest BCUT2D eigenvalue weighted by Gasteiger charge is 2.32. The summed E-state index contributed by atoms with van der Waals surface area (Å²) in [5, 5.41) is 2.70. The number of ketones is 1. The van der Waals surface area contributed by atoms with Gasteiger partial charge >= 0.3 is 0 Å². The smallest absolute Gasteiger partial charge is 0.287 e. The second-order valence-electron chi connectivity index (χ2n) is 6.55. The minimum Gasteiger partial charge on any atom is -0.363 e. The van der Waals surface area contributed by atoms with E-state index in [0.29, 0.717) is 6.42 Å². The van der Waals surface area contributed by atoms with Crippen molar-refractivity contribution in [2.75, 3.05) is 11.4 Å². The van der Waals surface area contributed by atoms with Gasteiger partial charge in [-0.05, 0) is 30.5 Å². The quantitative estimate of drug-likeness (QED) is 0.671. The number of rotatable bonds is 8. The number of hydrogen-bond donors (Lipinski definition) is 2. The van der Waals surface area contributed by atoms with Crippen LogP contribution in [0.25, 0.3) is 0 Å². The Hall–Kier alpha value is -3.48. The molecule has 144 valence electrons. The molecule has 0 aromatic heterocycles. The molecular weight excluding hydrogens is 356 g/mol. The molecule has 7 heteroatoms. The van der Waals surface area contributed by atoms with Crippen molar-refractivity contribution in [3.63, 3.8) is 0 Å². The number of Topliss-reactive ketones (excluding diaryl/α,β-unsaturated/α-hetero) is 1. The molecule has 2 aromatic carbocycles. The van der Waals surface area contributed by atoms with Gasteiger partial charge in [-0.3, -0.25) is 19.4 Å². The van der Waals surface area contributed by atoms with Gasteiger partial charge in [0.15, 0.2) is 0 Å². The lowest BCUT2D eigenvalue weighted by Crippen LogP contribution is -2.53. The van der Waals surface area contributed by atoms with Crippen molar-refractivity contribution in [2.24, 2.45) is 10.7 Å². The molecule has 2 unspecified atom stereocenters. The third-order valence-corrected chi connectivity index (χ3v) is 4.62. The highest BCUT2D eigenvalue weighted by Crippen LogP contribution is 2.19. The number of hydrogen-bond acceptors (Lipinski definition) is 5. The number of anilines is 1. The van der Waals surface area contributed by atoms with Gasteiger partial charge in [-0.1, -0.05) is 48.5 Å². The first-order valence-corrected chi connectivity index (χ1v) is 9.07. The van der Waals surface area contributed by atoms with E-state index in [1.54, 1.807) is 11.2 Å². The average molecular weight is 378 g/mol.